The predicted octanol–water partition coefficient (Wildman–Crippen LogP) is 1.46. The maximum Gasteiger partial charge on any atom is 0.236 e. The average molecular weight is 206 g/mol. The number of hydrogen-bond acceptors (Lipinski definition) is 3. The molecule has 1 aromatic rings. The number of rotatable bonds is 2. The van der Waals surface area contributed by atoms with E-state index in [4.69, 9.17) is 10.7 Å². The summed E-state index contributed by atoms with van der Waals surface area (Å²) >= 11 is 0. The summed E-state index contributed by atoms with van der Waals surface area (Å²) in [6, 6.07) is 3.33. The maximum absolute atomic E-state index is 10.7. The Kier molecular flexibility index (Phi) is 2.69. The Bertz CT molecular complexity index is 375. The standard InChI is InChI=1S/C7H8ClNO2S/c1-6-4-7(2-3-9-6)5-12(8,10)11/h2-4H,5H2,1H3. The van der Waals surface area contributed by atoms with Gasteiger partial charge < -0.3 is 0 Å². The molecule has 3 nitrogen and oxygen atoms in total. The van der Waals surface area contributed by atoms with E-state index in [9.17, 15) is 8.42 Å². The van der Waals surface area contributed by atoms with Crippen molar-refractivity contribution in [2.75, 3.05) is 0 Å². The molecule has 0 saturated heterocycles. The molecule has 0 unspecified atom stereocenters. The van der Waals surface area contributed by atoms with Crippen LogP contribution in [0.15, 0.2) is 18.3 Å². The van der Waals surface area contributed by atoms with E-state index in [2.05, 4.69) is 4.98 Å². The summed E-state index contributed by atoms with van der Waals surface area (Å²) in [4.78, 5) is 3.93. The first kappa shape index (κ1) is 9.48. The van der Waals surface area contributed by atoms with Crippen molar-refractivity contribution < 1.29 is 8.42 Å². The summed E-state index contributed by atoms with van der Waals surface area (Å²) in [5.41, 5.74) is 1.45. The third-order valence-electron chi connectivity index (χ3n) is 1.30. The van der Waals surface area contributed by atoms with Crippen LogP contribution in [-0.4, -0.2) is 13.4 Å². The maximum atomic E-state index is 10.7. The third-order valence-corrected chi connectivity index (χ3v) is 2.31. The van der Waals surface area contributed by atoms with E-state index in [0.29, 0.717) is 5.56 Å². The van der Waals surface area contributed by atoms with Crippen LogP contribution in [0.1, 0.15) is 11.3 Å². The van der Waals surface area contributed by atoms with Gasteiger partial charge in [-0.1, -0.05) is 0 Å². The highest BCUT2D eigenvalue weighted by Gasteiger charge is 2.06. The number of hydrogen-bond donors (Lipinski definition) is 0. The molecule has 0 aliphatic heterocycles. The molecule has 0 bridgehead atoms. The fourth-order valence-electron chi connectivity index (χ4n) is 0.893. The zero-order chi connectivity index (χ0) is 9.19. The first-order chi connectivity index (χ1) is 5.47. The van der Waals surface area contributed by atoms with E-state index >= 15 is 0 Å². The molecule has 0 amide bonds. The fraction of sp³-hybridized carbons (Fsp3) is 0.286. The van der Waals surface area contributed by atoms with E-state index < -0.39 is 9.05 Å². The molecular weight excluding hydrogens is 198 g/mol. The van der Waals surface area contributed by atoms with Crippen LogP contribution >= 0.6 is 10.7 Å². The van der Waals surface area contributed by atoms with Gasteiger partial charge in [-0.05, 0) is 24.6 Å². The molecule has 1 rings (SSSR count). The molecule has 66 valence electrons. The van der Waals surface area contributed by atoms with Crippen LogP contribution < -0.4 is 0 Å². The molecular formula is C7H8ClNO2S. The molecule has 0 aliphatic carbocycles. The molecule has 0 atom stereocenters. The van der Waals surface area contributed by atoms with Crippen LogP contribution in [-0.2, 0) is 14.8 Å². The van der Waals surface area contributed by atoms with Gasteiger partial charge >= 0.3 is 0 Å². The number of pyridine rings is 1. The molecule has 0 spiro atoms. The lowest BCUT2D eigenvalue weighted by atomic mass is 10.2. The molecule has 1 aromatic heterocycles. The van der Waals surface area contributed by atoms with Gasteiger partial charge in [0.25, 0.3) is 0 Å². The molecule has 1 heterocycles. The van der Waals surface area contributed by atoms with Gasteiger partial charge in [0.2, 0.25) is 9.05 Å². The quantitative estimate of drug-likeness (QED) is 0.687. The van der Waals surface area contributed by atoms with Crippen LogP contribution in [0, 0.1) is 6.92 Å². The van der Waals surface area contributed by atoms with Crippen LogP contribution in [0.25, 0.3) is 0 Å². The minimum atomic E-state index is -3.45. The highest BCUT2D eigenvalue weighted by molar-refractivity contribution is 8.13. The van der Waals surface area contributed by atoms with E-state index in [1.54, 1.807) is 25.3 Å². The van der Waals surface area contributed by atoms with Crippen LogP contribution in [0.5, 0.6) is 0 Å². The Morgan fingerprint density at radius 1 is 1.58 bits per heavy atom. The van der Waals surface area contributed by atoms with Crippen molar-refractivity contribution >= 4 is 19.7 Å². The van der Waals surface area contributed by atoms with Crippen molar-refractivity contribution in [2.45, 2.75) is 12.7 Å². The van der Waals surface area contributed by atoms with Gasteiger partial charge in [0.1, 0.15) is 0 Å². The summed E-state index contributed by atoms with van der Waals surface area (Å²) in [7, 11) is 1.62. The molecule has 5 heteroatoms. The van der Waals surface area contributed by atoms with Crippen molar-refractivity contribution in [3.05, 3.63) is 29.6 Å². The second kappa shape index (κ2) is 3.41. The van der Waals surface area contributed by atoms with E-state index in [1.807, 2.05) is 0 Å². The Hall–Kier alpha value is -0.610. The zero-order valence-electron chi connectivity index (χ0n) is 6.49. The second-order valence-electron chi connectivity index (χ2n) is 2.49. The van der Waals surface area contributed by atoms with Crippen LogP contribution in [0.2, 0.25) is 0 Å². The van der Waals surface area contributed by atoms with Gasteiger partial charge in [0.05, 0.1) is 5.75 Å². The molecule has 0 saturated carbocycles. The zero-order valence-corrected chi connectivity index (χ0v) is 8.06. The Morgan fingerprint density at radius 2 is 2.25 bits per heavy atom. The van der Waals surface area contributed by atoms with Crippen LogP contribution in [0.4, 0.5) is 0 Å². The molecule has 0 radical (unpaired) electrons. The summed E-state index contributed by atoms with van der Waals surface area (Å²) in [6.07, 6.45) is 1.56. The number of nitrogens with zero attached hydrogens (tertiary/aromatic N) is 1. The minimum Gasteiger partial charge on any atom is -0.262 e. The third kappa shape index (κ3) is 3.19. The average Bonchev–Trinajstić information content (AvgIpc) is 1.82. The smallest absolute Gasteiger partial charge is 0.236 e. The first-order valence-electron chi connectivity index (χ1n) is 3.31. The largest absolute Gasteiger partial charge is 0.262 e. The molecule has 0 aromatic carbocycles. The number of aromatic nitrogens is 1. The van der Waals surface area contributed by atoms with Crippen LogP contribution in [0.3, 0.4) is 0 Å². The van der Waals surface area contributed by atoms with Gasteiger partial charge in [-0.25, -0.2) is 8.42 Å². The van der Waals surface area contributed by atoms with Gasteiger partial charge in [0, 0.05) is 22.6 Å². The van der Waals surface area contributed by atoms with Crippen molar-refractivity contribution in [1.82, 2.24) is 4.98 Å². The number of halogens is 1. The molecule has 0 aliphatic rings. The van der Waals surface area contributed by atoms with Gasteiger partial charge in [-0.3, -0.25) is 4.98 Å². The fourth-order valence-corrected chi connectivity index (χ4v) is 1.85. The van der Waals surface area contributed by atoms with Gasteiger partial charge in [-0.2, -0.15) is 0 Å². The Labute approximate surface area is 75.8 Å². The lowest BCUT2D eigenvalue weighted by Gasteiger charge is -1.97. The monoisotopic (exact) mass is 205 g/mol. The topological polar surface area (TPSA) is 47.0 Å². The summed E-state index contributed by atoms with van der Waals surface area (Å²) in [5, 5.41) is 0. The van der Waals surface area contributed by atoms with Crippen molar-refractivity contribution in [2.24, 2.45) is 0 Å². The second-order valence-corrected chi connectivity index (χ2v) is 5.27. The van der Waals surface area contributed by atoms with Gasteiger partial charge in [0.15, 0.2) is 0 Å². The first-order valence-corrected chi connectivity index (χ1v) is 5.79. The molecule has 0 fully saturated rings. The lowest BCUT2D eigenvalue weighted by molar-refractivity contribution is 0.609. The van der Waals surface area contributed by atoms with Gasteiger partial charge in [-0.15, -0.1) is 0 Å². The summed E-state index contributed by atoms with van der Waals surface area (Å²) in [5.74, 6) is -0.141. The normalized spacial score (nSPS) is 11.5. The van der Waals surface area contributed by atoms with Crippen molar-refractivity contribution in [3.63, 3.8) is 0 Å². The highest BCUT2D eigenvalue weighted by atomic mass is 35.7. The SMILES string of the molecule is Cc1cc(CS(=O)(=O)Cl)ccn1. The summed E-state index contributed by atoms with van der Waals surface area (Å²) < 4.78 is 21.3. The van der Waals surface area contributed by atoms with E-state index in [-0.39, 0.29) is 5.75 Å². The Balaban J connectivity index is 2.91. The van der Waals surface area contributed by atoms with Crippen molar-refractivity contribution in [1.29, 1.82) is 0 Å². The summed E-state index contributed by atoms with van der Waals surface area (Å²) in [6.45, 7) is 1.80. The molecule has 12 heavy (non-hydrogen) atoms. The van der Waals surface area contributed by atoms with E-state index in [1.165, 1.54) is 0 Å². The lowest BCUT2D eigenvalue weighted by Crippen LogP contribution is -1.95. The molecule has 0 N–H and O–H groups in total. The number of aryl methyl sites for hydroxylation is 1. The predicted molar refractivity (Wildman–Crippen MR) is 47.5 cm³/mol. The van der Waals surface area contributed by atoms with E-state index in [0.717, 1.165) is 5.69 Å². The van der Waals surface area contributed by atoms with Crippen molar-refractivity contribution in [3.8, 4) is 0 Å². The Morgan fingerprint density at radius 3 is 2.75 bits per heavy atom. The highest BCUT2D eigenvalue weighted by Crippen LogP contribution is 2.09. The minimum absolute atomic E-state index is 0.141.